The average Bonchev–Trinajstić information content (AvgIpc) is 3.07. The number of imidazole rings is 1. The van der Waals surface area contributed by atoms with E-state index in [0.29, 0.717) is 6.54 Å². The zero-order valence-electron chi connectivity index (χ0n) is 15.8. The molecule has 1 aromatic heterocycles. The van der Waals surface area contributed by atoms with E-state index in [4.69, 9.17) is 36.1 Å². The van der Waals surface area contributed by atoms with Gasteiger partial charge in [0, 0.05) is 24.2 Å². The van der Waals surface area contributed by atoms with E-state index in [1.54, 1.807) is 7.11 Å². The first-order chi connectivity index (χ1) is 13.8. The summed E-state index contributed by atoms with van der Waals surface area (Å²) in [6.07, 6.45) is 1.85. The summed E-state index contributed by atoms with van der Waals surface area (Å²) in [6, 6.07) is 15.7. The van der Waals surface area contributed by atoms with E-state index in [9.17, 15) is 0 Å². The fraction of sp³-hybridized carbons (Fsp3) is 0.150. The number of aliphatic carboxylic acids is 2. The number of carbonyl (C=O) groups is 2. The minimum atomic E-state index is -1.82. The number of aromatic nitrogens is 2. The van der Waals surface area contributed by atoms with Gasteiger partial charge in [-0.05, 0) is 29.8 Å². The molecule has 9 heteroatoms. The molecule has 0 unspecified atom stereocenters. The van der Waals surface area contributed by atoms with Crippen LogP contribution in [0.5, 0.6) is 5.75 Å². The van der Waals surface area contributed by atoms with E-state index in [1.165, 1.54) is 0 Å². The van der Waals surface area contributed by atoms with Crippen molar-refractivity contribution in [2.24, 2.45) is 7.05 Å². The van der Waals surface area contributed by atoms with Gasteiger partial charge in [-0.3, -0.25) is 0 Å². The molecule has 0 spiro atoms. The molecule has 29 heavy (non-hydrogen) atoms. The Kier molecular flexibility index (Phi) is 7.62. The molecule has 0 amide bonds. The lowest BCUT2D eigenvalue weighted by Gasteiger charge is -2.09. The van der Waals surface area contributed by atoms with Crippen molar-refractivity contribution < 1.29 is 24.5 Å². The highest BCUT2D eigenvalue weighted by Gasteiger charge is 2.08. The van der Waals surface area contributed by atoms with Gasteiger partial charge in [-0.1, -0.05) is 35.9 Å². The lowest BCUT2D eigenvalue weighted by molar-refractivity contribution is -0.159. The highest BCUT2D eigenvalue weighted by Crippen LogP contribution is 2.24. The summed E-state index contributed by atoms with van der Waals surface area (Å²) in [5.41, 5.74) is 3.23. The van der Waals surface area contributed by atoms with Crippen molar-refractivity contribution in [3.63, 3.8) is 0 Å². The fourth-order valence-electron chi connectivity index (χ4n) is 2.41. The monoisotopic (exact) mass is 417 g/mol. The van der Waals surface area contributed by atoms with Gasteiger partial charge in [0.2, 0.25) is 5.95 Å². The van der Waals surface area contributed by atoms with Crippen LogP contribution in [0.3, 0.4) is 0 Å². The Morgan fingerprint density at radius 2 is 1.79 bits per heavy atom. The van der Waals surface area contributed by atoms with Crippen molar-refractivity contribution in [1.29, 1.82) is 0 Å². The second kappa shape index (κ2) is 10.1. The molecule has 0 atom stereocenters. The van der Waals surface area contributed by atoms with Crippen molar-refractivity contribution in [2.45, 2.75) is 6.54 Å². The van der Waals surface area contributed by atoms with Crippen molar-refractivity contribution in [3.8, 4) is 17.0 Å². The number of nitrogens with zero attached hydrogens (tertiary/aromatic N) is 2. The molecule has 0 saturated heterocycles. The lowest BCUT2D eigenvalue weighted by atomic mass is 10.2. The van der Waals surface area contributed by atoms with Crippen molar-refractivity contribution in [2.75, 3.05) is 12.4 Å². The number of nitrogens with one attached hydrogen (secondary N) is 1. The molecule has 0 saturated carbocycles. The van der Waals surface area contributed by atoms with Crippen molar-refractivity contribution in [3.05, 3.63) is 65.3 Å². The van der Waals surface area contributed by atoms with Crippen LogP contribution in [0.15, 0.2) is 54.7 Å². The summed E-state index contributed by atoms with van der Waals surface area (Å²) in [5.74, 6) is -1.98. The molecule has 8 nitrogen and oxygen atoms in total. The molecule has 3 N–H and O–H groups in total. The van der Waals surface area contributed by atoms with E-state index >= 15 is 0 Å². The first kappa shape index (κ1) is 21.8. The number of rotatable bonds is 5. The predicted octanol–water partition coefficient (Wildman–Crippen LogP) is 3.52. The molecule has 0 bridgehead atoms. The maximum atomic E-state index is 9.10. The molecule has 0 aliphatic heterocycles. The largest absolute Gasteiger partial charge is 0.497 e. The number of carboxylic acids is 2. The van der Waals surface area contributed by atoms with Crippen LogP contribution >= 0.6 is 11.6 Å². The summed E-state index contributed by atoms with van der Waals surface area (Å²) in [6.45, 7) is 0.698. The van der Waals surface area contributed by atoms with E-state index in [-0.39, 0.29) is 0 Å². The van der Waals surface area contributed by atoms with Gasteiger partial charge in [0.1, 0.15) is 5.75 Å². The normalized spacial score (nSPS) is 9.90. The lowest BCUT2D eigenvalue weighted by Crippen LogP contribution is -2.09. The van der Waals surface area contributed by atoms with Gasteiger partial charge in [0.25, 0.3) is 0 Å². The third-order valence-corrected chi connectivity index (χ3v) is 4.14. The maximum absolute atomic E-state index is 9.10. The van der Waals surface area contributed by atoms with E-state index < -0.39 is 11.9 Å². The smallest absolute Gasteiger partial charge is 0.414 e. The molecular weight excluding hydrogens is 398 g/mol. The SMILES string of the molecule is COc1ccc(CNc2ncc(-c3cccc(Cl)c3)n2C)cc1.O=C(O)C(=O)O. The first-order valence-electron chi connectivity index (χ1n) is 8.42. The highest BCUT2D eigenvalue weighted by molar-refractivity contribution is 6.30. The zero-order chi connectivity index (χ0) is 21.4. The first-order valence-corrected chi connectivity index (χ1v) is 8.80. The number of ether oxygens (including phenoxy) is 1. The minimum Gasteiger partial charge on any atom is -0.497 e. The van der Waals surface area contributed by atoms with Gasteiger partial charge in [0.05, 0.1) is 19.0 Å². The standard InChI is InChI=1S/C18H18ClN3O.C2H2O4/c1-22-17(14-4-3-5-15(19)10-14)12-21-18(22)20-11-13-6-8-16(23-2)9-7-13;3-1(4)2(5)6/h3-10,12H,11H2,1-2H3,(H,20,21);(H,3,4)(H,5,6). The van der Waals surface area contributed by atoms with E-state index in [2.05, 4.69) is 10.3 Å². The summed E-state index contributed by atoms with van der Waals surface area (Å²) in [5, 5.41) is 18.9. The van der Waals surface area contributed by atoms with Gasteiger partial charge in [-0.15, -0.1) is 0 Å². The van der Waals surface area contributed by atoms with Gasteiger partial charge in [0.15, 0.2) is 0 Å². The van der Waals surface area contributed by atoms with Crippen LogP contribution in [0, 0.1) is 0 Å². The fourth-order valence-corrected chi connectivity index (χ4v) is 2.60. The topological polar surface area (TPSA) is 114 Å². The van der Waals surface area contributed by atoms with Crippen LogP contribution in [0.4, 0.5) is 5.95 Å². The van der Waals surface area contributed by atoms with Gasteiger partial charge >= 0.3 is 11.9 Å². The third kappa shape index (κ3) is 6.25. The second-order valence-electron chi connectivity index (χ2n) is 5.85. The number of benzene rings is 2. The van der Waals surface area contributed by atoms with Crippen LogP contribution in [0.2, 0.25) is 5.02 Å². The van der Waals surface area contributed by atoms with Crippen LogP contribution in [0.1, 0.15) is 5.56 Å². The summed E-state index contributed by atoms with van der Waals surface area (Å²) < 4.78 is 7.19. The Labute approximate surface area is 172 Å². The number of hydrogen-bond acceptors (Lipinski definition) is 5. The minimum absolute atomic E-state index is 0.698. The van der Waals surface area contributed by atoms with E-state index in [1.807, 2.05) is 66.3 Å². The third-order valence-electron chi connectivity index (χ3n) is 3.90. The van der Waals surface area contributed by atoms with Gasteiger partial charge in [-0.25, -0.2) is 14.6 Å². The van der Waals surface area contributed by atoms with Crippen LogP contribution in [-0.4, -0.2) is 38.8 Å². The second-order valence-corrected chi connectivity index (χ2v) is 6.28. The number of methoxy groups -OCH3 is 1. The number of halogens is 1. The number of anilines is 1. The molecule has 0 fully saturated rings. The van der Waals surface area contributed by atoms with Crippen molar-refractivity contribution >= 4 is 29.5 Å². The molecule has 1 heterocycles. The average molecular weight is 418 g/mol. The van der Waals surface area contributed by atoms with Crippen molar-refractivity contribution in [1.82, 2.24) is 9.55 Å². The van der Waals surface area contributed by atoms with Gasteiger partial charge < -0.3 is 24.8 Å². The van der Waals surface area contributed by atoms with Crippen LogP contribution < -0.4 is 10.1 Å². The summed E-state index contributed by atoms with van der Waals surface area (Å²) in [4.78, 5) is 22.7. The number of carboxylic acid groups (broad SMARTS) is 2. The molecule has 0 aliphatic rings. The Morgan fingerprint density at radius 1 is 1.14 bits per heavy atom. The van der Waals surface area contributed by atoms with Crippen LogP contribution in [0.25, 0.3) is 11.3 Å². The summed E-state index contributed by atoms with van der Waals surface area (Å²) in [7, 11) is 3.65. The summed E-state index contributed by atoms with van der Waals surface area (Å²) >= 11 is 6.06. The molecular formula is C20H20ClN3O5. The molecule has 0 radical (unpaired) electrons. The maximum Gasteiger partial charge on any atom is 0.414 e. The number of hydrogen-bond donors (Lipinski definition) is 3. The predicted molar refractivity (Wildman–Crippen MR) is 109 cm³/mol. The van der Waals surface area contributed by atoms with E-state index in [0.717, 1.165) is 33.5 Å². The Balaban J connectivity index is 0.000000438. The molecule has 2 aromatic carbocycles. The Morgan fingerprint density at radius 3 is 2.34 bits per heavy atom. The molecule has 0 aliphatic carbocycles. The Bertz CT molecular complexity index is 974. The quantitative estimate of drug-likeness (QED) is 0.544. The molecule has 152 valence electrons. The Hall–Kier alpha value is -3.52. The molecule has 3 rings (SSSR count). The van der Waals surface area contributed by atoms with Crippen LogP contribution in [-0.2, 0) is 23.2 Å². The van der Waals surface area contributed by atoms with Gasteiger partial charge in [-0.2, -0.15) is 0 Å². The highest BCUT2D eigenvalue weighted by atomic mass is 35.5. The molecule has 3 aromatic rings. The zero-order valence-corrected chi connectivity index (χ0v) is 16.6.